The highest BCUT2D eigenvalue weighted by Crippen LogP contribution is 2.34. The van der Waals surface area contributed by atoms with Crippen LogP contribution in [0.3, 0.4) is 0 Å². The van der Waals surface area contributed by atoms with Gasteiger partial charge in [-0.05, 0) is 30.5 Å². The molecule has 7 heteroatoms. The summed E-state index contributed by atoms with van der Waals surface area (Å²) in [5.74, 6) is -0.431. The van der Waals surface area contributed by atoms with Crippen molar-refractivity contribution >= 4 is 21.8 Å². The zero-order valence-electron chi connectivity index (χ0n) is 11.5. The maximum atomic E-state index is 13.1. The van der Waals surface area contributed by atoms with Crippen molar-refractivity contribution in [3.8, 4) is 0 Å². The maximum Gasteiger partial charge on any atom is 0.417 e. The highest BCUT2D eigenvalue weighted by atomic mass is 79.9. The van der Waals surface area contributed by atoms with Gasteiger partial charge in [-0.15, -0.1) is 0 Å². The largest absolute Gasteiger partial charge is 0.417 e. The van der Waals surface area contributed by atoms with Gasteiger partial charge in [-0.1, -0.05) is 22.9 Å². The van der Waals surface area contributed by atoms with Crippen LogP contribution in [0.15, 0.2) is 22.7 Å². The van der Waals surface area contributed by atoms with Crippen molar-refractivity contribution in [2.45, 2.75) is 25.6 Å². The molecule has 1 fully saturated rings. The first kappa shape index (κ1) is 16.3. The maximum absolute atomic E-state index is 13.1. The fourth-order valence-electron chi connectivity index (χ4n) is 2.67. The number of likely N-dealkylation sites (tertiary alicyclic amines) is 1. The van der Waals surface area contributed by atoms with Crippen LogP contribution in [0.5, 0.6) is 0 Å². The third-order valence-electron chi connectivity index (χ3n) is 3.50. The molecule has 0 bridgehead atoms. The molecule has 1 amide bonds. The van der Waals surface area contributed by atoms with Crippen molar-refractivity contribution in [2.75, 3.05) is 13.1 Å². The number of piperidine rings is 1. The van der Waals surface area contributed by atoms with E-state index in [9.17, 15) is 18.0 Å². The molecular formula is C14H16BrF3N2O. The molecule has 1 aromatic carbocycles. The Morgan fingerprint density at radius 1 is 1.38 bits per heavy atom. The molecule has 0 aliphatic carbocycles. The lowest BCUT2D eigenvalue weighted by Gasteiger charge is -2.35. The number of nitrogens with two attached hydrogens (primary N) is 1. The number of benzene rings is 1. The first-order chi connectivity index (χ1) is 9.68. The zero-order chi connectivity index (χ0) is 15.8. The SMILES string of the molecule is CC1CC(N)CN(C(=O)c2ccc(Br)cc2C(F)(F)F)C1. The predicted molar refractivity (Wildman–Crippen MR) is 76.8 cm³/mol. The van der Waals surface area contributed by atoms with Gasteiger partial charge in [-0.2, -0.15) is 13.2 Å². The number of rotatable bonds is 1. The Labute approximate surface area is 129 Å². The van der Waals surface area contributed by atoms with Crippen LogP contribution in [0.25, 0.3) is 0 Å². The van der Waals surface area contributed by atoms with Gasteiger partial charge in [0.15, 0.2) is 0 Å². The summed E-state index contributed by atoms with van der Waals surface area (Å²) in [7, 11) is 0. The van der Waals surface area contributed by atoms with E-state index in [1.807, 2.05) is 6.92 Å². The molecule has 0 spiro atoms. The molecule has 1 aromatic rings. The third kappa shape index (κ3) is 3.77. The summed E-state index contributed by atoms with van der Waals surface area (Å²) in [6.45, 7) is 2.65. The quantitative estimate of drug-likeness (QED) is 0.830. The van der Waals surface area contributed by atoms with E-state index in [-0.39, 0.29) is 28.5 Å². The molecule has 116 valence electrons. The van der Waals surface area contributed by atoms with Crippen LogP contribution < -0.4 is 5.73 Å². The van der Waals surface area contributed by atoms with Crippen molar-refractivity contribution in [1.29, 1.82) is 0 Å². The van der Waals surface area contributed by atoms with Crippen molar-refractivity contribution in [1.82, 2.24) is 4.90 Å². The summed E-state index contributed by atoms with van der Waals surface area (Å²) in [6, 6.07) is 3.39. The summed E-state index contributed by atoms with van der Waals surface area (Å²) in [6.07, 6.45) is -3.80. The molecule has 1 saturated heterocycles. The molecule has 2 atom stereocenters. The third-order valence-corrected chi connectivity index (χ3v) is 3.99. The van der Waals surface area contributed by atoms with Gasteiger partial charge in [0.1, 0.15) is 0 Å². The van der Waals surface area contributed by atoms with Crippen LogP contribution in [0, 0.1) is 5.92 Å². The number of halogens is 4. The minimum absolute atomic E-state index is 0.183. The molecule has 2 N–H and O–H groups in total. The van der Waals surface area contributed by atoms with Gasteiger partial charge in [0, 0.05) is 23.6 Å². The minimum atomic E-state index is -4.57. The van der Waals surface area contributed by atoms with E-state index in [2.05, 4.69) is 15.9 Å². The van der Waals surface area contributed by atoms with Crippen LogP contribution in [0.2, 0.25) is 0 Å². The van der Waals surface area contributed by atoms with Crippen LogP contribution in [0.4, 0.5) is 13.2 Å². The topological polar surface area (TPSA) is 46.3 Å². The molecule has 2 unspecified atom stereocenters. The lowest BCUT2D eigenvalue weighted by Crippen LogP contribution is -2.49. The number of hydrogen-bond donors (Lipinski definition) is 1. The number of hydrogen-bond acceptors (Lipinski definition) is 2. The summed E-state index contributed by atoms with van der Waals surface area (Å²) in [5, 5.41) is 0. The molecule has 3 nitrogen and oxygen atoms in total. The number of alkyl halides is 3. The Hall–Kier alpha value is -1.08. The summed E-state index contributed by atoms with van der Waals surface area (Å²) < 4.78 is 39.6. The average molecular weight is 365 g/mol. The smallest absolute Gasteiger partial charge is 0.337 e. The zero-order valence-corrected chi connectivity index (χ0v) is 13.0. The van der Waals surface area contributed by atoms with Crippen molar-refractivity contribution in [3.63, 3.8) is 0 Å². The fraction of sp³-hybridized carbons (Fsp3) is 0.500. The Kier molecular flexibility index (Phi) is 4.63. The Bertz CT molecular complexity index is 538. The van der Waals surface area contributed by atoms with Gasteiger partial charge in [0.2, 0.25) is 0 Å². The molecule has 2 rings (SSSR count). The monoisotopic (exact) mass is 364 g/mol. The average Bonchev–Trinajstić information content (AvgIpc) is 2.35. The van der Waals surface area contributed by atoms with Gasteiger partial charge in [-0.25, -0.2) is 0 Å². The second-order valence-corrected chi connectivity index (χ2v) is 6.41. The second-order valence-electron chi connectivity index (χ2n) is 5.50. The van der Waals surface area contributed by atoms with Crippen molar-refractivity contribution in [2.24, 2.45) is 11.7 Å². The first-order valence-corrected chi connectivity index (χ1v) is 7.39. The number of nitrogens with zero attached hydrogens (tertiary/aromatic N) is 1. The number of amides is 1. The Morgan fingerprint density at radius 3 is 2.62 bits per heavy atom. The van der Waals surface area contributed by atoms with Crippen LogP contribution in [-0.2, 0) is 6.18 Å². The number of carbonyl (C=O) groups excluding carboxylic acids is 1. The van der Waals surface area contributed by atoms with Crippen molar-refractivity contribution in [3.05, 3.63) is 33.8 Å². The summed E-state index contributed by atoms with van der Waals surface area (Å²) in [4.78, 5) is 13.8. The van der Waals surface area contributed by atoms with Gasteiger partial charge < -0.3 is 10.6 Å². The van der Waals surface area contributed by atoms with E-state index in [0.717, 1.165) is 12.5 Å². The second kappa shape index (κ2) is 5.96. The standard InChI is InChI=1S/C14H16BrF3N2O/c1-8-4-10(19)7-20(6-8)13(21)11-3-2-9(15)5-12(11)14(16,17)18/h2-3,5,8,10H,4,6-7,19H2,1H3. The lowest BCUT2D eigenvalue weighted by molar-refractivity contribution is -0.138. The molecule has 1 heterocycles. The van der Waals surface area contributed by atoms with E-state index in [0.29, 0.717) is 6.54 Å². The molecule has 0 aromatic heterocycles. The minimum Gasteiger partial charge on any atom is -0.337 e. The van der Waals surface area contributed by atoms with Crippen LogP contribution in [0.1, 0.15) is 29.3 Å². The highest BCUT2D eigenvalue weighted by molar-refractivity contribution is 9.10. The van der Waals surface area contributed by atoms with Crippen LogP contribution >= 0.6 is 15.9 Å². The van der Waals surface area contributed by atoms with E-state index >= 15 is 0 Å². The van der Waals surface area contributed by atoms with Gasteiger partial charge in [-0.3, -0.25) is 4.79 Å². The van der Waals surface area contributed by atoms with Crippen molar-refractivity contribution < 1.29 is 18.0 Å². The van der Waals surface area contributed by atoms with E-state index in [1.54, 1.807) is 0 Å². The first-order valence-electron chi connectivity index (χ1n) is 6.60. The highest BCUT2D eigenvalue weighted by Gasteiger charge is 2.37. The molecule has 1 aliphatic heterocycles. The molecule has 0 saturated carbocycles. The molecule has 1 aliphatic rings. The van der Waals surface area contributed by atoms with Crippen LogP contribution in [-0.4, -0.2) is 29.9 Å². The molecular weight excluding hydrogens is 349 g/mol. The fourth-order valence-corrected chi connectivity index (χ4v) is 3.03. The predicted octanol–water partition coefficient (Wildman–Crippen LogP) is 3.28. The van der Waals surface area contributed by atoms with E-state index < -0.39 is 17.6 Å². The summed E-state index contributed by atoms with van der Waals surface area (Å²) >= 11 is 3.01. The van der Waals surface area contributed by atoms with E-state index in [1.165, 1.54) is 17.0 Å². The van der Waals surface area contributed by atoms with Gasteiger partial charge in [0.25, 0.3) is 5.91 Å². The Balaban J connectivity index is 2.35. The van der Waals surface area contributed by atoms with Gasteiger partial charge in [0.05, 0.1) is 11.1 Å². The lowest BCUT2D eigenvalue weighted by atomic mass is 9.95. The summed E-state index contributed by atoms with van der Waals surface area (Å²) in [5.41, 5.74) is 4.61. The van der Waals surface area contributed by atoms with Gasteiger partial charge >= 0.3 is 6.18 Å². The van der Waals surface area contributed by atoms with E-state index in [4.69, 9.17) is 5.73 Å². The Morgan fingerprint density at radius 2 is 2.05 bits per heavy atom. The molecule has 0 radical (unpaired) electrons. The normalized spacial score (nSPS) is 23.2. The molecule has 21 heavy (non-hydrogen) atoms. The number of carbonyl (C=O) groups is 1.